The molecule has 1 heterocycles. The number of benzene rings is 3. The summed E-state index contributed by atoms with van der Waals surface area (Å²) in [5.74, 6) is 0. The van der Waals surface area contributed by atoms with Gasteiger partial charge in [0.15, 0.2) is 0 Å². The van der Waals surface area contributed by atoms with E-state index in [0.29, 0.717) is 0 Å². The average molecular weight is 333 g/mol. The lowest BCUT2D eigenvalue weighted by molar-refractivity contribution is 1.12. The fraction of sp³-hybridized carbons (Fsp3) is 0.0500. The van der Waals surface area contributed by atoms with Crippen LogP contribution in [0.25, 0.3) is 10.2 Å². The zero-order valence-electron chi connectivity index (χ0n) is 12.4. The van der Waals surface area contributed by atoms with Crippen LogP contribution in [-0.2, 0) is 0 Å². The van der Waals surface area contributed by atoms with E-state index in [-0.39, 0.29) is 5.25 Å². The molecule has 0 aliphatic heterocycles. The first kappa shape index (κ1) is 14.5. The highest BCUT2D eigenvalue weighted by atomic mass is 32.2. The minimum atomic E-state index is 0.219. The lowest BCUT2D eigenvalue weighted by Crippen LogP contribution is -1.95. The van der Waals surface area contributed by atoms with Crippen molar-refractivity contribution >= 4 is 33.3 Å². The molecule has 0 saturated heterocycles. The summed E-state index contributed by atoms with van der Waals surface area (Å²) in [6.45, 7) is 0. The van der Waals surface area contributed by atoms with Crippen LogP contribution >= 0.6 is 23.1 Å². The Labute approximate surface area is 144 Å². The number of hydrogen-bond acceptors (Lipinski definition) is 3. The molecule has 23 heavy (non-hydrogen) atoms. The fourth-order valence-electron chi connectivity index (χ4n) is 2.53. The van der Waals surface area contributed by atoms with Crippen LogP contribution in [0.15, 0.2) is 89.8 Å². The van der Waals surface area contributed by atoms with Gasteiger partial charge in [0.25, 0.3) is 0 Å². The van der Waals surface area contributed by atoms with Crippen molar-refractivity contribution in [1.82, 2.24) is 4.98 Å². The maximum absolute atomic E-state index is 4.88. The van der Waals surface area contributed by atoms with Crippen molar-refractivity contribution < 1.29 is 0 Å². The molecule has 0 N–H and O–H groups in total. The zero-order chi connectivity index (χ0) is 15.5. The van der Waals surface area contributed by atoms with E-state index < -0.39 is 0 Å². The molecule has 1 aromatic heterocycles. The SMILES string of the molecule is c1ccc(SC(c2ccccc2)c2nc3ccccc3s2)cc1. The molecule has 3 aromatic carbocycles. The van der Waals surface area contributed by atoms with E-state index in [0.717, 1.165) is 10.5 Å². The van der Waals surface area contributed by atoms with Gasteiger partial charge in [0, 0.05) is 4.90 Å². The fourth-order valence-corrected chi connectivity index (χ4v) is 4.83. The first-order valence-electron chi connectivity index (χ1n) is 7.52. The molecule has 4 aromatic rings. The van der Waals surface area contributed by atoms with Crippen molar-refractivity contribution in [2.24, 2.45) is 0 Å². The number of fused-ring (bicyclic) bond motifs is 1. The number of rotatable bonds is 4. The van der Waals surface area contributed by atoms with Gasteiger partial charge in [0.05, 0.1) is 15.5 Å². The number of para-hydroxylation sites is 1. The van der Waals surface area contributed by atoms with Crippen molar-refractivity contribution in [2.45, 2.75) is 10.1 Å². The first-order valence-corrected chi connectivity index (χ1v) is 9.22. The normalized spacial score (nSPS) is 12.3. The Bertz CT molecular complexity index is 868. The van der Waals surface area contributed by atoms with Crippen LogP contribution in [-0.4, -0.2) is 4.98 Å². The van der Waals surface area contributed by atoms with Gasteiger partial charge in [0.2, 0.25) is 0 Å². The monoisotopic (exact) mass is 333 g/mol. The van der Waals surface area contributed by atoms with Crippen LogP contribution in [0, 0.1) is 0 Å². The number of aromatic nitrogens is 1. The van der Waals surface area contributed by atoms with Gasteiger partial charge < -0.3 is 0 Å². The predicted octanol–water partition coefficient (Wildman–Crippen LogP) is 6.18. The quantitative estimate of drug-likeness (QED) is 0.414. The van der Waals surface area contributed by atoms with Crippen LogP contribution in [0.3, 0.4) is 0 Å². The first-order chi connectivity index (χ1) is 11.4. The summed E-state index contributed by atoms with van der Waals surface area (Å²) in [6.07, 6.45) is 0. The van der Waals surface area contributed by atoms with E-state index in [9.17, 15) is 0 Å². The number of nitrogens with zero attached hydrogens (tertiary/aromatic N) is 1. The number of hydrogen-bond donors (Lipinski definition) is 0. The van der Waals surface area contributed by atoms with E-state index in [4.69, 9.17) is 4.98 Å². The van der Waals surface area contributed by atoms with Crippen molar-refractivity contribution in [3.8, 4) is 0 Å². The van der Waals surface area contributed by atoms with Crippen LogP contribution in [0.4, 0.5) is 0 Å². The van der Waals surface area contributed by atoms with Crippen LogP contribution < -0.4 is 0 Å². The molecule has 0 aliphatic carbocycles. The lowest BCUT2D eigenvalue weighted by atomic mass is 10.1. The second kappa shape index (κ2) is 6.57. The smallest absolute Gasteiger partial charge is 0.112 e. The largest absolute Gasteiger partial charge is 0.240 e. The molecule has 0 radical (unpaired) electrons. The van der Waals surface area contributed by atoms with Gasteiger partial charge in [-0.1, -0.05) is 60.7 Å². The Morgan fingerprint density at radius 1 is 0.739 bits per heavy atom. The highest BCUT2D eigenvalue weighted by Gasteiger charge is 2.19. The maximum Gasteiger partial charge on any atom is 0.112 e. The molecule has 1 atom stereocenters. The van der Waals surface area contributed by atoms with Crippen molar-refractivity contribution in [1.29, 1.82) is 0 Å². The van der Waals surface area contributed by atoms with Crippen molar-refractivity contribution in [3.05, 3.63) is 95.5 Å². The summed E-state index contributed by atoms with van der Waals surface area (Å²) in [5, 5.41) is 1.38. The summed E-state index contributed by atoms with van der Waals surface area (Å²) in [4.78, 5) is 6.15. The third-order valence-electron chi connectivity index (χ3n) is 3.63. The van der Waals surface area contributed by atoms with Gasteiger partial charge >= 0.3 is 0 Å². The van der Waals surface area contributed by atoms with E-state index in [1.54, 1.807) is 11.3 Å². The molecule has 0 bridgehead atoms. The van der Waals surface area contributed by atoms with Gasteiger partial charge in [-0.15, -0.1) is 23.1 Å². The molecule has 0 aliphatic rings. The molecule has 0 saturated carbocycles. The minimum Gasteiger partial charge on any atom is -0.240 e. The Balaban J connectivity index is 1.78. The van der Waals surface area contributed by atoms with E-state index in [1.807, 2.05) is 17.8 Å². The third-order valence-corrected chi connectivity index (χ3v) is 6.16. The van der Waals surface area contributed by atoms with Crippen molar-refractivity contribution in [2.75, 3.05) is 0 Å². The molecule has 1 unspecified atom stereocenters. The van der Waals surface area contributed by atoms with Crippen LogP contribution in [0.5, 0.6) is 0 Å². The van der Waals surface area contributed by atoms with Gasteiger partial charge in [-0.3, -0.25) is 0 Å². The van der Waals surface area contributed by atoms with Crippen LogP contribution in [0.1, 0.15) is 15.8 Å². The Morgan fingerprint density at radius 2 is 1.39 bits per heavy atom. The Kier molecular flexibility index (Phi) is 4.14. The van der Waals surface area contributed by atoms with Crippen molar-refractivity contribution in [3.63, 3.8) is 0 Å². The summed E-state index contributed by atoms with van der Waals surface area (Å²) in [7, 11) is 0. The summed E-state index contributed by atoms with van der Waals surface area (Å²) in [6, 6.07) is 29.5. The van der Waals surface area contributed by atoms with Gasteiger partial charge in [-0.25, -0.2) is 4.98 Å². The molecule has 112 valence electrons. The molecule has 3 heteroatoms. The van der Waals surface area contributed by atoms with E-state index in [2.05, 4.69) is 78.9 Å². The van der Waals surface area contributed by atoms with E-state index >= 15 is 0 Å². The highest BCUT2D eigenvalue weighted by Crippen LogP contribution is 2.42. The summed E-state index contributed by atoms with van der Waals surface area (Å²) in [5.41, 5.74) is 2.38. The average Bonchev–Trinajstić information content (AvgIpc) is 3.05. The molecule has 0 fully saturated rings. The second-order valence-corrected chi connectivity index (χ2v) is 7.48. The molecule has 4 rings (SSSR count). The number of thioether (sulfide) groups is 1. The topological polar surface area (TPSA) is 12.9 Å². The molecular weight excluding hydrogens is 318 g/mol. The third kappa shape index (κ3) is 3.16. The summed E-state index contributed by atoms with van der Waals surface area (Å²) >= 11 is 3.65. The lowest BCUT2D eigenvalue weighted by Gasteiger charge is -2.14. The minimum absolute atomic E-state index is 0.219. The standard InChI is InChI=1S/C20H15NS2/c1-3-9-15(10-4-1)19(22-16-11-5-2-6-12-16)20-21-17-13-7-8-14-18(17)23-20/h1-14,19H. The Hall–Kier alpha value is -2.10. The van der Waals surface area contributed by atoms with Crippen LogP contribution in [0.2, 0.25) is 0 Å². The molecule has 1 nitrogen and oxygen atoms in total. The zero-order valence-corrected chi connectivity index (χ0v) is 14.1. The van der Waals surface area contributed by atoms with Gasteiger partial charge in [-0.2, -0.15) is 0 Å². The van der Waals surface area contributed by atoms with E-state index in [1.165, 1.54) is 15.2 Å². The van der Waals surface area contributed by atoms with Gasteiger partial charge in [-0.05, 0) is 29.8 Å². The highest BCUT2D eigenvalue weighted by molar-refractivity contribution is 7.99. The summed E-state index contributed by atoms with van der Waals surface area (Å²) < 4.78 is 1.25. The Morgan fingerprint density at radius 3 is 2.13 bits per heavy atom. The maximum atomic E-state index is 4.88. The number of thiazole rings is 1. The molecule has 0 spiro atoms. The molecule has 0 amide bonds. The second-order valence-electron chi connectivity index (χ2n) is 5.24. The predicted molar refractivity (Wildman–Crippen MR) is 100 cm³/mol. The van der Waals surface area contributed by atoms with Gasteiger partial charge in [0.1, 0.15) is 5.01 Å². The molecular formula is C20H15NS2.